The fourth-order valence-electron chi connectivity index (χ4n) is 7.50. The summed E-state index contributed by atoms with van der Waals surface area (Å²) >= 11 is 0. The van der Waals surface area contributed by atoms with Crippen molar-refractivity contribution in [3.8, 4) is 6.07 Å². The lowest BCUT2D eigenvalue weighted by Crippen LogP contribution is -2.57. The Morgan fingerprint density at radius 1 is 1.12 bits per heavy atom. The quantitative estimate of drug-likeness (QED) is 0.667. The lowest BCUT2D eigenvalue weighted by Gasteiger charge is -2.58. The van der Waals surface area contributed by atoms with Crippen LogP contribution in [0.15, 0.2) is 11.3 Å². The Labute approximate surface area is 143 Å². The molecule has 8 atom stereocenters. The molecule has 0 unspecified atom stereocenters. The van der Waals surface area contributed by atoms with Crippen molar-refractivity contribution in [3.63, 3.8) is 0 Å². The van der Waals surface area contributed by atoms with Crippen molar-refractivity contribution in [1.82, 2.24) is 0 Å². The van der Waals surface area contributed by atoms with Gasteiger partial charge in [0.05, 0.1) is 17.7 Å². The number of hydrogen-bond donors (Lipinski definition) is 2. The van der Waals surface area contributed by atoms with Gasteiger partial charge in [-0.2, -0.15) is 5.26 Å². The van der Waals surface area contributed by atoms with Crippen LogP contribution in [0.2, 0.25) is 0 Å². The van der Waals surface area contributed by atoms with Crippen LogP contribution in [0.5, 0.6) is 0 Å². The predicted octanol–water partition coefficient (Wildman–Crippen LogP) is 3.47. The van der Waals surface area contributed by atoms with Crippen LogP contribution in [0.1, 0.15) is 58.8 Å². The van der Waals surface area contributed by atoms with Crippen LogP contribution < -0.4 is 0 Å². The van der Waals surface area contributed by atoms with Crippen molar-refractivity contribution >= 4 is 0 Å². The van der Waals surface area contributed by atoms with E-state index in [2.05, 4.69) is 19.9 Å². The summed E-state index contributed by atoms with van der Waals surface area (Å²) in [5.41, 5.74) is 0.336. The Morgan fingerprint density at radius 3 is 2.67 bits per heavy atom. The molecule has 1 heterocycles. The fraction of sp³-hybridized carbons (Fsp3) is 0.850. The van der Waals surface area contributed by atoms with Crippen molar-refractivity contribution in [3.05, 3.63) is 11.3 Å². The van der Waals surface area contributed by atoms with Gasteiger partial charge in [0, 0.05) is 5.41 Å². The number of fused-ring (bicyclic) bond motifs is 4. The van der Waals surface area contributed by atoms with E-state index in [1.165, 1.54) is 0 Å². The van der Waals surface area contributed by atoms with E-state index in [0.29, 0.717) is 29.7 Å². The van der Waals surface area contributed by atoms with Gasteiger partial charge in [-0.05, 0) is 68.1 Å². The summed E-state index contributed by atoms with van der Waals surface area (Å²) < 4.78 is 6.11. The van der Waals surface area contributed by atoms with Gasteiger partial charge in [-0.15, -0.1) is 0 Å². The van der Waals surface area contributed by atoms with E-state index in [9.17, 15) is 15.5 Å². The number of epoxide rings is 1. The van der Waals surface area contributed by atoms with Crippen LogP contribution in [-0.4, -0.2) is 28.0 Å². The van der Waals surface area contributed by atoms with Crippen LogP contribution in [0.25, 0.3) is 0 Å². The van der Waals surface area contributed by atoms with E-state index in [1.807, 2.05) is 0 Å². The molecular weight excluding hydrogens is 302 g/mol. The highest BCUT2D eigenvalue weighted by Gasteiger charge is 2.76. The zero-order valence-electron chi connectivity index (χ0n) is 14.6. The monoisotopic (exact) mass is 329 g/mol. The first-order valence-electron chi connectivity index (χ1n) is 9.55. The van der Waals surface area contributed by atoms with Gasteiger partial charge >= 0.3 is 0 Å². The molecule has 5 aliphatic rings. The van der Waals surface area contributed by atoms with Gasteiger partial charge in [-0.3, -0.25) is 0 Å². The zero-order chi connectivity index (χ0) is 16.9. The Bertz CT molecular complexity index is 681. The van der Waals surface area contributed by atoms with Crippen molar-refractivity contribution < 1.29 is 14.9 Å². The molecule has 4 aliphatic carbocycles. The van der Waals surface area contributed by atoms with Crippen molar-refractivity contribution in [1.29, 1.82) is 5.26 Å². The smallest absolute Gasteiger partial charge is 0.146 e. The second-order valence-electron chi connectivity index (χ2n) is 9.51. The highest BCUT2D eigenvalue weighted by molar-refractivity contribution is 5.41. The Morgan fingerprint density at radius 2 is 1.92 bits per heavy atom. The number of rotatable bonds is 0. The maximum Gasteiger partial charge on any atom is 0.146 e. The summed E-state index contributed by atoms with van der Waals surface area (Å²) in [6.07, 6.45) is 6.65. The minimum Gasteiger partial charge on any atom is -0.508 e. The van der Waals surface area contributed by atoms with Crippen molar-refractivity contribution in [2.24, 2.45) is 28.6 Å². The molecule has 24 heavy (non-hydrogen) atoms. The fourth-order valence-corrected chi connectivity index (χ4v) is 7.50. The maximum absolute atomic E-state index is 10.5. The molecule has 1 aliphatic heterocycles. The predicted molar refractivity (Wildman–Crippen MR) is 87.9 cm³/mol. The third kappa shape index (κ3) is 1.48. The van der Waals surface area contributed by atoms with Crippen molar-refractivity contribution in [2.75, 3.05) is 0 Å². The van der Waals surface area contributed by atoms with Gasteiger partial charge in [0.25, 0.3) is 0 Å². The topological polar surface area (TPSA) is 76.8 Å². The van der Waals surface area contributed by atoms with Crippen LogP contribution in [0.4, 0.5) is 0 Å². The van der Waals surface area contributed by atoms with Crippen LogP contribution in [-0.2, 0) is 4.74 Å². The minimum atomic E-state index is -0.241. The van der Waals surface area contributed by atoms with Crippen LogP contribution in [0.3, 0.4) is 0 Å². The summed E-state index contributed by atoms with van der Waals surface area (Å²) in [7, 11) is 0. The Kier molecular flexibility index (Phi) is 2.77. The average Bonchev–Trinajstić information content (AvgIpc) is 3.23. The Balaban J connectivity index is 1.55. The first-order chi connectivity index (χ1) is 11.4. The Hall–Kier alpha value is -1.05. The van der Waals surface area contributed by atoms with Gasteiger partial charge in [0.2, 0.25) is 0 Å². The molecule has 1 spiro atoms. The number of nitriles is 1. The molecule has 0 aromatic carbocycles. The van der Waals surface area contributed by atoms with Gasteiger partial charge < -0.3 is 14.9 Å². The molecule has 5 rings (SSSR count). The van der Waals surface area contributed by atoms with Crippen LogP contribution >= 0.6 is 0 Å². The molecule has 0 amide bonds. The first-order valence-corrected chi connectivity index (χ1v) is 9.55. The van der Waals surface area contributed by atoms with Gasteiger partial charge in [-0.1, -0.05) is 13.8 Å². The number of ether oxygens (including phenoxy) is 1. The van der Waals surface area contributed by atoms with Gasteiger partial charge in [0.1, 0.15) is 17.5 Å². The zero-order valence-corrected chi connectivity index (χ0v) is 14.6. The summed E-state index contributed by atoms with van der Waals surface area (Å²) in [5, 5.41) is 30.4. The van der Waals surface area contributed by atoms with E-state index in [1.54, 1.807) is 0 Å². The molecule has 0 aromatic heterocycles. The number of allylic oxidation sites excluding steroid dienone is 1. The van der Waals surface area contributed by atoms with Gasteiger partial charge in [-0.25, -0.2) is 0 Å². The third-order valence-electron chi connectivity index (χ3n) is 8.95. The molecule has 0 aromatic rings. The van der Waals surface area contributed by atoms with E-state index in [4.69, 9.17) is 4.74 Å². The van der Waals surface area contributed by atoms with E-state index in [0.717, 1.165) is 38.5 Å². The highest BCUT2D eigenvalue weighted by Crippen LogP contribution is 2.73. The van der Waals surface area contributed by atoms with Crippen molar-refractivity contribution in [2.45, 2.75) is 76.6 Å². The minimum absolute atomic E-state index is 0.0489. The van der Waals surface area contributed by atoms with E-state index in [-0.39, 0.29) is 34.4 Å². The number of aliphatic hydroxyl groups is 2. The molecule has 0 radical (unpaired) electrons. The lowest BCUT2D eigenvalue weighted by molar-refractivity contribution is -0.116. The molecule has 0 bridgehead atoms. The molecule has 2 N–H and O–H groups in total. The second-order valence-corrected chi connectivity index (χ2v) is 9.51. The normalized spacial score (nSPS) is 58.2. The number of nitrogens with zero attached hydrogens (tertiary/aromatic N) is 1. The largest absolute Gasteiger partial charge is 0.508 e. The molecule has 4 heteroatoms. The lowest BCUT2D eigenvalue weighted by atomic mass is 9.45. The van der Waals surface area contributed by atoms with E-state index < -0.39 is 0 Å². The molecule has 130 valence electrons. The summed E-state index contributed by atoms with van der Waals surface area (Å²) in [5.74, 6) is 1.96. The SMILES string of the molecule is C[C@@]12CC[C@@H]3[C@H](CC[C@@]45O[C@@H]4C(O)=C(C#N)C[C@]35C)[C@H]1CC[C@@H]2O. The maximum atomic E-state index is 10.5. The van der Waals surface area contributed by atoms with Crippen LogP contribution in [0, 0.1) is 39.9 Å². The number of hydrogen-bond acceptors (Lipinski definition) is 4. The standard InChI is InChI=1S/C20H27NO3/c1-18-7-6-14-12(13(18)3-4-15(18)22)5-8-20-17(24-20)16(23)11(10-21)9-19(14,20)2/h12-15,17,22-23H,3-9H2,1-2H3/t12-,13-,14-,15+,17-,18-,19-,20-/m1/s1. The average molecular weight is 329 g/mol. The summed E-state index contributed by atoms with van der Waals surface area (Å²) in [4.78, 5) is 0. The summed E-state index contributed by atoms with van der Waals surface area (Å²) in [6, 6.07) is 2.23. The molecule has 1 saturated heterocycles. The molecule has 4 nitrogen and oxygen atoms in total. The first kappa shape index (κ1) is 15.2. The molecule has 4 fully saturated rings. The van der Waals surface area contributed by atoms with Gasteiger partial charge in [0.15, 0.2) is 0 Å². The molecular formula is C20H27NO3. The second kappa shape index (κ2) is 4.37. The summed E-state index contributed by atoms with van der Waals surface area (Å²) in [6.45, 7) is 4.60. The molecule has 3 saturated carbocycles. The van der Waals surface area contributed by atoms with E-state index >= 15 is 0 Å². The highest BCUT2D eigenvalue weighted by atomic mass is 16.6. The third-order valence-corrected chi connectivity index (χ3v) is 8.95. The number of aliphatic hydroxyl groups excluding tert-OH is 2.